The van der Waals surface area contributed by atoms with Crippen LogP contribution in [-0.4, -0.2) is 29.1 Å². The number of benzene rings is 2. The lowest BCUT2D eigenvalue weighted by Gasteiger charge is -2.28. The highest BCUT2D eigenvalue weighted by Gasteiger charge is 2.31. The molecule has 3 amide bonds. The van der Waals surface area contributed by atoms with Gasteiger partial charge in [0.15, 0.2) is 0 Å². The number of anilines is 2. The highest BCUT2D eigenvalue weighted by molar-refractivity contribution is 6.42. The first-order chi connectivity index (χ1) is 15.7. The Labute approximate surface area is 210 Å². The van der Waals surface area contributed by atoms with Crippen LogP contribution in [0.4, 0.5) is 16.2 Å². The van der Waals surface area contributed by atoms with E-state index >= 15 is 0 Å². The maximum absolute atomic E-state index is 13.0. The van der Waals surface area contributed by atoms with Crippen LogP contribution in [0.15, 0.2) is 30.3 Å². The summed E-state index contributed by atoms with van der Waals surface area (Å²) in [4.78, 5) is 37.5. The lowest BCUT2D eigenvalue weighted by atomic mass is 9.84. The number of halogens is 4. The number of amides is 3. The molecule has 1 saturated carbocycles. The van der Waals surface area contributed by atoms with Crippen molar-refractivity contribution in [3.8, 4) is 0 Å². The van der Waals surface area contributed by atoms with Crippen LogP contribution in [0.25, 0.3) is 0 Å². The van der Waals surface area contributed by atoms with Crippen molar-refractivity contribution in [3.05, 3.63) is 56.0 Å². The molecule has 0 spiro atoms. The zero-order chi connectivity index (χ0) is 24.1. The van der Waals surface area contributed by atoms with Crippen molar-refractivity contribution in [2.75, 3.05) is 10.6 Å². The van der Waals surface area contributed by atoms with Crippen molar-refractivity contribution in [1.29, 1.82) is 0 Å². The van der Waals surface area contributed by atoms with Gasteiger partial charge < -0.3 is 21.1 Å². The van der Waals surface area contributed by atoms with E-state index in [1.165, 1.54) is 12.1 Å². The quantitative estimate of drug-likeness (QED) is 0.331. The Bertz CT molecular complexity index is 1050. The minimum atomic E-state index is -1.11. The zero-order valence-electron chi connectivity index (χ0n) is 17.3. The summed E-state index contributed by atoms with van der Waals surface area (Å²) in [5.41, 5.74) is 0.190. The van der Waals surface area contributed by atoms with Crippen LogP contribution in [0.2, 0.25) is 20.1 Å². The Morgan fingerprint density at radius 2 is 1.48 bits per heavy atom. The number of hydrogen-bond acceptors (Lipinski definition) is 3. The van der Waals surface area contributed by atoms with E-state index in [9.17, 15) is 19.5 Å². The van der Waals surface area contributed by atoms with E-state index in [-0.39, 0.29) is 42.9 Å². The summed E-state index contributed by atoms with van der Waals surface area (Å²) in [7, 11) is 0. The molecule has 0 unspecified atom stereocenters. The van der Waals surface area contributed by atoms with Crippen LogP contribution in [0, 0.1) is 5.92 Å². The van der Waals surface area contributed by atoms with E-state index in [1.54, 1.807) is 18.2 Å². The second-order valence-electron chi connectivity index (χ2n) is 7.68. The van der Waals surface area contributed by atoms with Crippen LogP contribution in [0.1, 0.15) is 42.5 Å². The minimum Gasteiger partial charge on any atom is -0.480 e. The van der Waals surface area contributed by atoms with Gasteiger partial charge in [-0.1, -0.05) is 71.7 Å². The van der Waals surface area contributed by atoms with Gasteiger partial charge >= 0.3 is 12.0 Å². The summed E-state index contributed by atoms with van der Waals surface area (Å²) in [5, 5.41) is 17.9. The van der Waals surface area contributed by atoms with Crippen molar-refractivity contribution in [2.24, 2.45) is 5.92 Å². The average Bonchev–Trinajstić information content (AvgIpc) is 2.77. The molecule has 0 heterocycles. The second-order valence-corrected chi connectivity index (χ2v) is 9.30. The molecule has 176 valence electrons. The number of carboxylic acid groups (broad SMARTS) is 1. The Hall–Kier alpha value is -2.19. The van der Waals surface area contributed by atoms with Gasteiger partial charge in [-0.15, -0.1) is 0 Å². The maximum Gasteiger partial charge on any atom is 0.326 e. The van der Waals surface area contributed by atoms with E-state index in [1.807, 2.05) is 0 Å². The Morgan fingerprint density at radius 1 is 0.879 bits per heavy atom. The highest BCUT2D eigenvalue weighted by atomic mass is 35.5. The lowest BCUT2D eigenvalue weighted by Crippen LogP contribution is -2.46. The van der Waals surface area contributed by atoms with Crippen molar-refractivity contribution >= 4 is 75.7 Å². The first-order valence-corrected chi connectivity index (χ1v) is 11.7. The minimum absolute atomic E-state index is 0.0353. The van der Waals surface area contributed by atoms with Gasteiger partial charge in [0.05, 0.1) is 37.0 Å². The fourth-order valence-electron chi connectivity index (χ4n) is 3.79. The van der Waals surface area contributed by atoms with E-state index in [4.69, 9.17) is 46.4 Å². The van der Waals surface area contributed by atoms with Gasteiger partial charge in [-0.05, 0) is 43.0 Å². The molecule has 0 bridgehead atoms. The van der Waals surface area contributed by atoms with Crippen LogP contribution in [0.3, 0.4) is 0 Å². The van der Waals surface area contributed by atoms with Gasteiger partial charge in [-0.25, -0.2) is 9.59 Å². The topological polar surface area (TPSA) is 108 Å². The van der Waals surface area contributed by atoms with Crippen LogP contribution >= 0.6 is 46.4 Å². The number of carboxylic acids is 1. The maximum atomic E-state index is 13.0. The molecule has 1 atom stereocenters. The number of rotatable bonds is 6. The summed E-state index contributed by atoms with van der Waals surface area (Å²) in [5.74, 6) is -1.99. The molecule has 0 saturated heterocycles. The second kappa shape index (κ2) is 11.3. The van der Waals surface area contributed by atoms with Crippen molar-refractivity contribution in [2.45, 2.75) is 38.1 Å². The number of urea groups is 1. The number of aliphatic carboxylic acids is 1. The normalized spacial score (nSPS) is 14.9. The van der Waals surface area contributed by atoms with Crippen LogP contribution in [-0.2, 0) is 4.79 Å². The summed E-state index contributed by atoms with van der Waals surface area (Å²) in [6.45, 7) is 0. The smallest absolute Gasteiger partial charge is 0.326 e. The zero-order valence-corrected chi connectivity index (χ0v) is 20.3. The van der Waals surface area contributed by atoms with Crippen molar-refractivity contribution in [3.63, 3.8) is 0 Å². The third kappa shape index (κ3) is 6.44. The number of carbonyl (C=O) groups excluding carboxylic acids is 2. The molecular formula is C22H21Cl4N3O4. The molecule has 0 radical (unpaired) electrons. The Balaban J connectivity index is 1.83. The lowest BCUT2D eigenvalue weighted by molar-refractivity contribution is -0.141. The first kappa shape index (κ1) is 25.4. The monoisotopic (exact) mass is 531 g/mol. The number of nitrogens with one attached hydrogen (secondary N) is 3. The predicted molar refractivity (Wildman–Crippen MR) is 131 cm³/mol. The first-order valence-electron chi connectivity index (χ1n) is 10.2. The molecule has 7 nitrogen and oxygen atoms in total. The largest absolute Gasteiger partial charge is 0.480 e. The fourth-order valence-corrected chi connectivity index (χ4v) is 4.61. The fraction of sp³-hybridized carbons (Fsp3) is 0.318. The Morgan fingerprint density at radius 3 is 2.09 bits per heavy atom. The van der Waals surface area contributed by atoms with Gasteiger partial charge in [-0.3, -0.25) is 4.79 Å². The molecule has 11 heteroatoms. The number of carbonyl (C=O) groups is 3. The molecule has 2 aromatic rings. The summed E-state index contributed by atoms with van der Waals surface area (Å²) < 4.78 is 0. The van der Waals surface area contributed by atoms with Crippen molar-refractivity contribution < 1.29 is 19.5 Å². The van der Waals surface area contributed by atoms with Gasteiger partial charge in [-0.2, -0.15) is 0 Å². The molecule has 3 rings (SSSR count). The molecule has 1 aliphatic carbocycles. The summed E-state index contributed by atoms with van der Waals surface area (Å²) in [6.07, 6.45) is 4.29. The molecule has 0 aromatic heterocycles. The average molecular weight is 533 g/mol. The molecule has 1 fully saturated rings. The molecule has 4 N–H and O–H groups in total. The van der Waals surface area contributed by atoms with Gasteiger partial charge in [0.25, 0.3) is 5.91 Å². The molecule has 2 aromatic carbocycles. The summed E-state index contributed by atoms with van der Waals surface area (Å²) in [6, 6.07) is 5.52. The van der Waals surface area contributed by atoms with Crippen LogP contribution < -0.4 is 16.0 Å². The highest BCUT2D eigenvalue weighted by Crippen LogP contribution is 2.32. The summed E-state index contributed by atoms with van der Waals surface area (Å²) >= 11 is 24.3. The van der Waals surface area contributed by atoms with Crippen molar-refractivity contribution in [1.82, 2.24) is 5.32 Å². The standard InChI is InChI=1S/C22H21Cl4N3O4/c23-13-7-4-8-14(24)19(13)29-22(33)27-17-10-16(26)15(25)9-12(17)20(30)28-18(21(31)32)11-5-2-1-3-6-11/h4,7-11,18H,1-3,5-6H2,(H,28,30)(H,31,32)(H2,27,29,33)/t18-/m0/s1. The van der Waals surface area contributed by atoms with Gasteiger partial charge in [0.1, 0.15) is 6.04 Å². The SMILES string of the molecule is O=C(Nc1cc(Cl)c(Cl)cc1C(=O)N[C@H](C(=O)O)C1CCCCC1)Nc1c(Cl)cccc1Cl. The Kier molecular flexibility index (Phi) is 8.70. The number of para-hydroxylation sites is 1. The van der Waals surface area contributed by atoms with Gasteiger partial charge in [0.2, 0.25) is 0 Å². The number of hydrogen-bond donors (Lipinski definition) is 4. The predicted octanol–water partition coefficient (Wildman–Crippen LogP) is 6.71. The van der Waals surface area contributed by atoms with Gasteiger partial charge in [0, 0.05) is 0 Å². The van der Waals surface area contributed by atoms with E-state index in [2.05, 4.69) is 16.0 Å². The van der Waals surface area contributed by atoms with Crippen LogP contribution in [0.5, 0.6) is 0 Å². The van der Waals surface area contributed by atoms with E-state index < -0.39 is 23.9 Å². The third-order valence-electron chi connectivity index (χ3n) is 5.43. The third-order valence-corrected chi connectivity index (χ3v) is 6.78. The molecule has 1 aliphatic rings. The molecular weight excluding hydrogens is 512 g/mol. The van der Waals surface area contributed by atoms with E-state index in [0.717, 1.165) is 19.3 Å². The molecule has 33 heavy (non-hydrogen) atoms. The van der Waals surface area contributed by atoms with E-state index in [0.29, 0.717) is 12.8 Å². The molecule has 0 aliphatic heterocycles.